The van der Waals surface area contributed by atoms with Crippen molar-refractivity contribution >= 4 is 35.6 Å². The van der Waals surface area contributed by atoms with Crippen LogP contribution in [0.25, 0.3) is 0 Å². The van der Waals surface area contributed by atoms with E-state index in [9.17, 15) is 10.1 Å². The van der Waals surface area contributed by atoms with E-state index in [0.29, 0.717) is 6.54 Å². The maximum Gasteiger partial charge on any atom is 0.269 e. The lowest BCUT2D eigenvalue weighted by molar-refractivity contribution is -0.384. The zero-order chi connectivity index (χ0) is 19.3. The van der Waals surface area contributed by atoms with Gasteiger partial charge in [0.05, 0.1) is 24.7 Å². The highest BCUT2D eigenvalue weighted by molar-refractivity contribution is 14.0. The normalized spacial score (nSPS) is 15.0. The highest BCUT2D eigenvalue weighted by Gasteiger charge is 2.09. The average Bonchev–Trinajstić information content (AvgIpc) is 2.70. The minimum Gasteiger partial charge on any atom is -0.379 e. The molecule has 1 aliphatic heterocycles. The summed E-state index contributed by atoms with van der Waals surface area (Å²) < 4.78 is 5.37. The van der Waals surface area contributed by atoms with Gasteiger partial charge >= 0.3 is 0 Å². The van der Waals surface area contributed by atoms with Gasteiger partial charge in [0.1, 0.15) is 0 Å². The number of hydrogen-bond acceptors (Lipinski definition) is 5. The lowest BCUT2D eigenvalue weighted by Gasteiger charge is -2.26. The van der Waals surface area contributed by atoms with Crippen LogP contribution in [0, 0.1) is 10.1 Å². The number of unbranched alkanes of at least 4 members (excludes halogenated alkanes) is 1. The number of benzene rings is 1. The van der Waals surface area contributed by atoms with E-state index < -0.39 is 0 Å². The summed E-state index contributed by atoms with van der Waals surface area (Å²) in [7, 11) is 0. The summed E-state index contributed by atoms with van der Waals surface area (Å²) in [6.45, 7) is 9.12. The van der Waals surface area contributed by atoms with Crippen LogP contribution in [0.2, 0.25) is 0 Å². The van der Waals surface area contributed by atoms with Gasteiger partial charge in [-0.15, -0.1) is 24.0 Å². The molecule has 0 saturated carbocycles. The second-order valence-corrected chi connectivity index (χ2v) is 6.60. The molecule has 1 saturated heterocycles. The number of nitrogens with one attached hydrogen (secondary N) is 2. The molecule has 0 aromatic heterocycles. The third-order valence-electron chi connectivity index (χ3n) is 4.44. The first kappa shape index (κ1) is 24.6. The Labute approximate surface area is 184 Å². The second kappa shape index (κ2) is 14.5. The van der Waals surface area contributed by atoms with E-state index in [1.165, 1.54) is 12.1 Å². The first-order chi connectivity index (χ1) is 13.2. The maximum atomic E-state index is 10.7. The maximum absolute atomic E-state index is 10.7. The summed E-state index contributed by atoms with van der Waals surface area (Å²) in [6, 6.07) is 6.54. The van der Waals surface area contributed by atoms with E-state index >= 15 is 0 Å². The number of non-ortho nitro benzene ring substituents is 1. The monoisotopic (exact) mass is 505 g/mol. The molecule has 1 heterocycles. The predicted molar refractivity (Wildman–Crippen MR) is 122 cm³/mol. The van der Waals surface area contributed by atoms with E-state index in [4.69, 9.17) is 4.74 Å². The fourth-order valence-electron chi connectivity index (χ4n) is 2.79. The fourth-order valence-corrected chi connectivity index (χ4v) is 2.79. The molecule has 0 bridgehead atoms. The Morgan fingerprint density at radius 2 is 1.82 bits per heavy atom. The van der Waals surface area contributed by atoms with E-state index in [2.05, 4.69) is 27.4 Å². The van der Waals surface area contributed by atoms with Crippen LogP contribution in [0.5, 0.6) is 0 Å². The molecule has 1 aromatic carbocycles. The predicted octanol–water partition coefficient (Wildman–Crippen LogP) is 2.77. The second-order valence-electron chi connectivity index (χ2n) is 6.60. The topological polar surface area (TPSA) is 92.0 Å². The lowest BCUT2D eigenvalue weighted by Crippen LogP contribution is -2.41. The Bertz CT molecular complexity index is 592. The van der Waals surface area contributed by atoms with Crippen LogP contribution in [0.4, 0.5) is 5.69 Å². The number of morpholine rings is 1. The van der Waals surface area contributed by atoms with Crippen LogP contribution in [0.1, 0.15) is 31.7 Å². The van der Waals surface area contributed by atoms with Crippen LogP contribution in [-0.4, -0.2) is 61.7 Å². The Hall–Kier alpha value is -1.46. The van der Waals surface area contributed by atoms with E-state index in [-0.39, 0.29) is 34.6 Å². The van der Waals surface area contributed by atoms with Gasteiger partial charge in [-0.25, -0.2) is 4.99 Å². The summed E-state index contributed by atoms with van der Waals surface area (Å²) in [5.41, 5.74) is 1.05. The number of nitro benzene ring substituents is 1. The van der Waals surface area contributed by atoms with Gasteiger partial charge in [-0.3, -0.25) is 15.0 Å². The van der Waals surface area contributed by atoms with Crippen molar-refractivity contribution in [1.29, 1.82) is 0 Å². The number of halogens is 1. The number of guanidine groups is 1. The zero-order valence-corrected chi connectivity index (χ0v) is 18.9. The van der Waals surface area contributed by atoms with Crippen molar-refractivity contribution in [2.45, 2.75) is 32.7 Å². The van der Waals surface area contributed by atoms with Crippen molar-refractivity contribution in [3.63, 3.8) is 0 Å². The third-order valence-corrected chi connectivity index (χ3v) is 4.44. The van der Waals surface area contributed by atoms with Gasteiger partial charge in [0, 0.05) is 38.3 Å². The SMILES string of the molecule is CCCCNC(=NCc1ccc([N+](=O)[O-])cc1)NCCCN1CCOCC1.I. The Morgan fingerprint density at radius 3 is 2.43 bits per heavy atom. The van der Waals surface area contributed by atoms with Crippen molar-refractivity contribution in [3.8, 4) is 0 Å². The largest absolute Gasteiger partial charge is 0.379 e. The van der Waals surface area contributed by atoms with Crippen LogP contribution in [0.15, 0.2) is 29.3 Å². The standard InChI is InChI=1S/C19H31N5O3.HI/c1-2-3-9-20-19(21-10-4-11-23-12-14-27-15-13-23)22-16-17-5-7-18(8-6-17)24(25)26;/h5-8H,2-4,9-16H2,1H3,(H2,20,21,22);1H. The number of rotatable bonds is 10. The molecule has 2 rings (SSSR count). The Balaban J connectivity index is 0.00000392. The van der Waals surface area contributed by atoms with Gasteiger partial charge in [0.15, 0.2) is 5.96 Å². The Morgan fingerprint density at radius 1 is 1.18 bits per heavy atom. The minimum absolute atomic E-state index is 0. The quantitative estimate of drug-likeness (QED) is 0.127. The van der Waals surface area contributed by atoms with Crippen LogP contribution in [-0.2, 0) is 11.3 Å². The van der Waals surface area contributed by atoms with Gasteiger partial charge in [0.2, 0.25) is 0 Å². The molecule has 1 aliphatic rings. The summed E-state index contributed by atoms with van der Waals surface area (Å²) in [5.74, 6) is 0.795. The summed E-state index contributed by atoms with van der Waals surface area (Å²) >= 11 is 0. The minimum atomic E-state index is -0.388. The molecular formula is C19H32IN5O3. The van der Waals surface area contributed by atoms with Crippen molar-refractivity contribution in [1.82, 2.24) is 15.5 Å². The number of hydrogen-bond donors (Lipinski definition) is 2. The molecule has 0 spiro atoms. The molecule has 0 radical (unpaired) electrons. The number of aliphatic imine (C=N–C) groups is 1. The highest BCUT2D eigenvalue weighted by Crippen LogP contribution is 2.12. The molecule has 1 fully saturated rings. The zero-order valence-electron chi connectivity index (χ0n) is 16.6. The molecule has 0 amide bonds. The molecule has 1 aromatic rings. The fraction of sp³-hybridized carbons (Fsp3) is 0.632. The number of nitrogens with zero attached hydrogens (tertiary/aromatic N) is 3. The van der Waals surface area contributed by atoms with Crippen LogP contribution in [0.3, 0.4) is 0 Å². The van der Waals surface area contributed by atoms with Crippen LogP contribution >= 0.6 is 24.0 Å². The van der Waals surface area contributed by atoms with E-state index in [1.807, 2.05) is 0 Å². The average molecular weight is 505 g/mol. The molecule has 2 N–H and O–H groups in total. The first-order valence-electron chi connectivity index (χ1n) is 9.74. The van der Waals surface area contributed by atoms with Gasteiger partial charge < -0.3 is 15.4 Å². The van der Waals surface area contributed by atoms with Gasteiger partial charge in [0.25, 0.3) is 5.69 Å². The van der Waals surface area contributed by atoms with E-state index in [0.717, 1.165) is 76.7 Å². The van der Waals surface area contributed by atoms with Gasteiger partial charge in [-0.2, -0.15) is 0 Å². The lowest BCUT2D eigenvalue weighted by atomic mass is 10.2. The Kier molecular flexibility index (Phi) is 12.8. The summed E-state index contributed by atoms with van der Waals surface area (Å²) in [4.78, 5) is 17.4. The molecule has 9 heteroatoms. The molecule has 0 aliphatic carbocycles. The van der Waals surface area contributed by atoms with Crippen molar-refractivity contribution < 1.29 is 9.66 Å². The van der Waals surface area contributed by atoms with Crippen molar-refractivity contribution in [2.24, 2.45) is 4.99 Å². The smallest absolute Gasteiger partial charge is 0.269 e. The molecule has 0 unspecified atom stereocenters. The highest BCUT2D eigenvalue weighted by atomic mass is 127. The number of nitro groups is 1. The molecule has 8 nitrogen and oxygen atoms in total. The molecule has 158 valence electrons. The van der Waals surface area contributed by atoms with Crippen molar-refractivity contribution in [3.05, 3.63) is 39.9 Å². The number of ether oxygens (including phenoxy) is 1. The van der Waals surface area contributed by atoms with Gasteiger partial charge in [-0.05, 0) is 24.9 Å². The molecule has 28 heavy (non-hydrogen) atoms. The van der Waals surface area contributed by atoms with E-state index in [1.54, 1.807) is 12.1 Å². The third kappa shape index (κ3) is 9.65. The molecule has 0 atom stereocenters. The summed E-state index contributed by atoms with van der Waals surface area (Å²) in [6.07, 6.45) is 3.26. The van der Waals surface area contributed by atoms with Crippen molar-refractivity contribution in [2.75, 3.05) is 45.9 Å². The van der Waals surface area contributed by atoms with Gasteiger partial charge in [-0.1, -0.05) is 25.5 Å². The molecular weight excluding hydrogens is 473 g/mol. The summed E-state index contributed by atoms with van der Waals surface area (Å²) in [5, 5.41) is 17.5. The van der Waals surface area contributed by atoms with Crippen LogP contribution < -0.4 is 10.6 Å². The first-order valence-corrected chi connectivity index (χ1v) is 9.74.